The molecule has 0 radical (unpaired) electrons. The summed E-state index contributed by atoms with van der Waals surface area (Å²) in [5, 5.41) is 4.09. The van der Waals surface area contributed by atoms with Crippen LogP contribution in [0.5, 0.6) is 0 Å². The van der Waals surface area contributed by atoms with Crippen LogP contribution in [-0.2, 0) is 7.05 Å². The van der Waals surface area contributed by atoms with E-state index in [0.717, 1.165) is 11.1 Å². The second-order valence-corrected chi connectivity index (χ2v) is 4.57. The van der Waals surface area contributed by atoms with Gasteiger partial charge in [-0.25, -0.2) is 9.82 Å². The molecule has 1 aromatic heterocycles. The van der Waals surface area contributed by atoms with Gasteiger partial charge in [0.2, 0.25) is 0 Å². The Morgan fingerprint density at radius 1 is 1.53 bits per heavy atom. The Labute approximate surface area is 107 Å². The summed E-state index contributed by atoms with van der Waals surface area (Å²) < 4.78 is 15.4. The maximum Gasteiger partial charge on any atom is 0.124 e. The number of hydrazine groups is 1. The van der Waals surface area contributed by atoms with Gasteiger partial charge in [-0.15, -0.1) is 0 Å². The fourth-order valence-electron chi connectivity index (χ4n) is 1.69. The third-order valence-electron chi connectivity index (χ3n) is 2.50. The highest BCUT2D eigenvalue weighted by Gasteiger charge is 2.17. The van der Waals surface area contributed by atoms with Gasteiger partial charge in [0, 0.05) is 23.3 Å². The minimum atomic E-state index is -0.289. The van der Waals surface area contributed by atoms with Crippen molar-refractivity contribution >= 4 is 15.9 Å². The number of benzene rings is 1. The van der Waals surface area contributed by atoms with Crippen LogP contribution in [0.4, 0.5) is 4.39 Å². The normalized spacial score (nSPS) is 12.7. The zero-order valence-corrected chi connectivity index (χ0v) is 10.8. The maximum atomic E-state index is 13.0. The van der Waals surface area contributed by atoms with Gasteiger partial charge in [-0.2, -0.15) is 5.10 Å². The summed E-state index contributed by atoms with van der Waals surface area (Å²) in [6.45, 7) is 0. The number of nitrogens with two attached hydrogens (primary N) is 1. The molecule has 0 spiro atoms. The fourth-order valence-corrected chi connectivity index (χ4v) is 2.27. The molecule has 3 N–H and O–H groups in total. The lowest BCUT2D eigenvalue weighted by molar-refractivity contribution is 0.612. The molecule has 90 valence electrons. The van der Waals surface area contributed by atoms with Crippen LogP contribution in [0.15, 0.2) is 35.1 Å². The first-order chi connectivity index (χ1) is 8.11. The van der Waals surface area contributed by atoms with Gasteiger partial charge in [-0.3, -0.25) is 10.5 Å². The van der Waals surface area contributed by atoms with Crippen molar-refractivity contribution < 1.29 is 4.39 Å². The van der Waals surface area contributed by atoms with Crippen molar-refractivity contribution in [2.75, 3.05) is 0 Å². The van der Waals surface area contributed by atoms with Gasteiger partial charge in [0.05, 0.1) is 12.2 Å². The van der Waals surface area contributed by atoms with E-state index >= 15 is 0 Å². The number of rotatable bonds is 3. The number of hydrogen-bond acceptors (Lipinski definition) is 3. The Morgan fingerprint density at radius 2 is 2.29 bits per heavy atom. The van der Waals surface area contributed by atoms with Crippen molar-refractivity contribution in [3.05, 3.63) is 52.0 Å². The van der Waals surface area contributed by atoms with Crippen LogP contribution in [0.25, 0.3) is 0 Å². The highest BCUT2D eigenvalue weighted by molar-refractivity contribution is 9.10. The summed E-state index contributed by atoms with van der Waals surface area (Å²) >= 11 is 3.33. The lowest BCUT2D eigenvalue weighted by Crippen LogP contribution is -2.28. The van der Waals surface area contributed by atoms with Gasteiger partial charge < -0.3 is 0 Å². The standard InChI is InChI=1S/C11H12BrFN4/c1-17-6-7(5-15-17)11(16-14)9-3-2-8(13)4-10(9)12/h2-6,11,16H,14H2,1H3. The third-order valence-corrected chi connectivity index (χ3v) is 3.19. The number of aromatic nitrogens is 2. The minimum Gasteiger partial charge on any atom is -0.275 e. The van der Waals surface area contributed by atoms with Gasteiger partial charge in [0.1, 0.15) is 5.82 Å². The smallest absolute Gasteiger partial charge is 0.124 e. The van der Waals surface area contributed by atoms with E-state index in [1.54, 1.807) is 16.9 Å². The van der Waals surface area contributed by atoms with Crippen molar-refractivity contribution in [1.82, 2.24) is 15.2 Å². The predicted molar refractivity (Wildman–Crippen MR) is 66.5 cm³/mol. The highest BCUT2D eigenvalue weighted by atomic mass is 79.9. The summed E-state index contributed by atoms with van der Waals surface area (Å²) in [7, 11) is 1.83. The van der Waals surface area contributed by atoms with Crippen molar-refractivity contribution in [1.29, 1.82) is 0 Å². The predicted octanol–water partition coefficient (Wildman–Crippen LogP) is 1.87. The van der Waals surface area contributed by atoms with E-state index < -0.39 is 0 Å². The zero-order valence-electron chi connectivity index (χ0n) is 9.19. The molecule has 1 aromatic carbocycles. The zero-order chi connectivity index (χ0) is 12.4. The van der Waals surface area contributed by atoms with Gasteiger partial charge in [-0.05, 0) is 17.7 Å². The molecule has 0 bridgehead atoms. The van der Waals surface area contributed by atoms with Gasteiger partial charge in [0.25, 0.3) is 0 Å². The average Bonchev–Trinajstić information content (AvgIpc) is 2.69. The lowest BCUT2D eigenvalue weighted by Gasteiger charge is -2.16. The summed E-state index contributed by atoms with van der Waals surface area (Å²) in [6, 6.07) is 4.28. The molecule has 17 heavy (non-hydrogen) atoms. The second-order valence-electron chi connectivity index (χ2n) is 3.71. The molecule has 1 unspecified atom stereocenters. The number of nitrogens with zero attached hydrogens (tertiary/aromatic N) is 2. The van der Waals surface area contributed by atoms with Crippen molar-refractivity contribution in [3.63, 3.8) is 0 Å². The number of nitrogens with one attached hydrogen (secondary N) is 1. The topological polar surface area (TPSA) is 55.9 Å². The van der Waals surface area contributed by atoms with Crippen molar-refractivity contribution in [3.8, 4) is 0 Å². The fraction of sp³-hybridized carbons (Fsp3) is 0.182. The van der Waals surface area contributed by atoms with E-state index in [0.29, 0.717) is 4.47 Å². The van der Waals surface area contributed by atoms with Crippen LogP contribution in [-0.4, -0.2) is 9.78 Å². The largest absolute Gasteiger partial charge is 0.275 e. The van der Waals surface area contributed by atoms with Crippen LogP contribution >= 0.6 is 15.9 Å². The molecule has 0 aliphatic rings. The molecule has 2 rings (SSSR count). The highest BCUT2D eigenvalue weighted by Crippen LogP contribution is 2.28. The molecule has 1 heterocycles. The average molecular weight is 299 g/mol. The molecule has 0 saturated carbocycles. The number of aryl methyl sites for hydroxylation is 1. The number of hydrogen-bond donors (Lipinski definition) is 2. The molecule has 0 aliphatic heterocycles. The van der Waals surface area contributed by atoms with Crippen LogP contribution in [0.2, 0.25) is 0 Å². The first-order valence-corrected chi connectivity index (χ1v) is 5.80. The van der Waals surface area contributed by atoms with E-state index in [9.17, 15) is 4.39 Å². The molecular formula is C11H12BrFN4. The molecule has 0 fully saturated rings. The SMILES string of the molecule is Cn1cc(C(NN)c2ccc(F)cc2Br)cn1. The van der Waals surface area contributed by atoms with E-state index in [4.69, 9.17) is 5.84 Å². The third kappa shape index (κ3) is 2.54. The summed E-state index contributed by atoms with van der Waals surface area (Å²) in [5.74, 6) is 5.26. The maximum absolute atomic E-state index is 13.0. The van der Waals surface area contributed by atoms with Crippen molar-refractivity contribution in [2.24, 2.45) is 12.9 Å². The van der Waals surface area contributed by atoms with Crippen molar-refractivity contribution in [2.45, 2.75) is 6.04 Å². The van der Waals surface area contributed by atoms with E-state index in [1.807, 2.05) is 13.2 Å². The Morgan fingerprint density at radius 3 is 2.82 bits per heavy atom. The summed E-state index contributed by atoms with van der Waals surface area (Å²) in [5.41, 5.74) is 4.48. The lowest BCUT2D eigenvalue weighted by atomic mass is 10.0. The Hall–Kier alpha value is -1.24. The Balaban J connectivity index is 2.42. The molecule has 2 aromatic rings. The second kappa shape index (κ2) is 4.95. The van der Waals surface area contributed by atoms with Gasteiger partial charge in [-0.1, -0.05) is 22.0 Å². The van der Waals surface area contributed by atoms with Gasteiger partial charge >= 0.3 is 0 Å². The van der Waals surface area contributed by atoms with Crippen LogP contribution in [0, 0.1) is 5.82 Å². The van der Waals surface area contributed by atoms with E-state index in [-0.39, 0.29) is 11.9 Å². The first-order valence-electron chi connectivity index (χ1n) is 5.01. The quantitative estimate of drug-likeness (QED) is 0.672. The first kappa shape index (κ1) is 12.2. The molecule has 0 aliphatic carbocycles. The monoisotopic (exact) mass is 298 g/mol. The van der Waals surface area contributed by atoms with Crippen LogP contribution < -0.4 is 11.3 Å². The molecule has 4 nitrogen and oxygen atoms in total. The summed E-state index contributed by atoms with van der Waals surface area (Å²) in [6.07, 6.45) is 3.58. The Kier molecular flexibility index (Phi) is 3.56. The minimum absolute atomic E-state index is 0.223. The number of halogens is 2. The molecular weight excluding hydrogens is 287 g/mol. The Bertz CT molecular complexity index is 526. The van der Waals surface area contributed by atoms with E-state index in [1.165, 1.54) is 12.1 Å². The van der Waals surface area contributed by atoms with Gasteiger partial charge in [0.15, 0.2) is 0 Å². The molecule has 0 amide bonds. The van der Waals surface area contributed by atoms with Crippen LogP contribution in [0.1, 0.15) is 17.2 Å². The van der Waals surface area contributed by atoms with Crippen LogP contribution in [0.3, 0.4) is 0 Å². The van der Waals surface area contributed by atoms with E-state index in [2.05, 4.69) is 26.5 Å². The molecule has 1 atom stereocenters. The molecule has 6 heteroatoms. The molecule has 0 saturated heterocycles. The summed E-state index contributed by atoms with van der Waals surface area (Å²) in [4.78, 5) is 0.